The van der Waals surface area contributed by atoms with Crippen molar-refractivity contribution in [2.75, 3.05) is 57.5 Å². The standard InChI is InChI=1S/C34H42N8O.C6H11NO2.C3H8/c1-39(2)32(43)29-20-26-22-36-33(38-31(26)42(29)28-10-6-7-11-28)37-30-13-12-25(21-35-30)23-40-17-14-34(24-40)15-18-41(19-16-34)27-8-4-3-5-9-27;1-7-6(9)4-2-3-5-8;1-3-2/h3-5,8-9,12-13,20-22,28H,6-7,10-11,14-19,23-24H2,1-2H3,(H,35,36,37,38);5H,2-4H2,1H3,(H,7,9);3H2,1-2H3. The smallest absolute Gasteiger partial charge is 0.270 e. The van der Waals surface area contributed by atoms with Gasteiger partial charge in [0.15, 0.2) is 0 Å². The molecule has 3 aromatic heterocycles. The highest BCUT2D eigenvalue weighted by Crippen LogP contribution is 2.42. The lowest BCUT2D eigenvalue weighted by Crippen LogP contribution is -2.41. The minimum atomic E-state index is -0.00292. The molecule has 12 heteroatoms. The molecule has 1 spiro atoms. The van der Waals surface area contributed by atoms with Gasteiger partial charge in [0.25, 0.3) is 5.91 Å². The molecule has 0 unspecified atom stereocenters. The number of carbonyl (C=O) groups excluding carboxylic acids is 3. The summed E-state index contributed by atoms with van der Waals surface area (Å²) in [7, 11) is 5.18. The number of hydrogen-bond acceptors (Lipinski definition) is 9. The van der Waals surface area contributed by atoms with Crippen LogP contribution in [-0.2, 0) is 16.1 Å². The van der Waals surface area contributed by atoms with Gasteiger partial charge < -0.3 is 29.8 Å². The van der Waals surface area contributed by atoms with Crippen LogP contribution in [0.15, 0.2) is 60.9 Å². The zero-order chi connectivity index (χ0) is 39.2. The number of aromatic nitrogens is 4. The fourth-order valence-corrected chi connectivity index (χ4v) is 7.88. The van der Waals surface area contributed by atoms with Crippen molar-refractivity contribution >= 4 is 46.6 Å². The predicted octanol–water partition coefficient (Wildman–Crippen LogP) is 7.40. The Bertz CT molecular complexity index is 1810. The SMILES string of the molecule is CCC.CN(C)C(=O)c1cc2cnc(Nc3ccc(CN4CCC5(CCN(c6ccccc6)CC5)C4)cn3)nc2n1C1CCCC1.CNC(=O)CCCC=O. The van der Waals surface area contributed by atoms with E-state index in [-0.39, 0.29) is 17.9 Å². The third kappa shape index (κ3) is 11.1. The lowest BCUT2D eigenvalue weighted by atomic mass is 9.77. The summed E-state index contributed by atoms with van der Waals surface area (Å²) in [5.41, 5.74) is 4.52. The molecule has 4 aromatic rings. The van der Waals surface area contributed by atoms with Crippen LogP contribution in [0, 0.1) is 5.41 Å². The maximum atomic E-state index is 13.0. The third-order valence-electron chi connectivity index (χ3n) is 10.8. The quantitative estimate of drug-likeness (QED) is 0.119. The topological polar surface area (TPSA) is 129 Å². The Hall–Kier alpha value is -4.84. The maximum absolute atomic E-state index is 13.0. The lowest BCUT2D eigenvalue weighted by molar-refractivity contribution is -0.120. The number of nitrogens with one attached hydrogen (secondary N) is 2. The molecule has 0 atom stereocenters. The summed E-state index contributed by atoms with van der Waals surface area (Å²) < 4.78 is 2.14. The number of carbonyl (C=O) groups is 3. The molecule has 1 aliphatic carbocycles. The fraction of sp³-hybridized carbons (Fsp3) is 0.535. The molecule has 2 N–H and O–H groups in total. The van der Waals surface area contributed by atoms with Gasteiger partial charge >= 0.3 is 0 Å². The Morgan fingerprint density at radius 3 is 2.31 bits per heavy atom. The van der Waals surface area contributed by atoms with Crippen LogP contribution in [0.5, 0.6) is 0 Å². The second-order valence-electron chi connectivity index (χ2n) is 15.4. The van der Waals surface area contributed by atoms with E-state index in [9.17, 15) is 14.4 Å². The van der Waals surface area contributed by atoms with Crippen LogP contribution in [-0.4, -0.2) is 94.7 Å². The van der Waals surface area contributed by atoms with Crippen LogP contribution in [0.4, 0.5) is 17.5 Å². The summed E-state index contributed by atoms with van der Waals surface area (Å²) in [6, 6.07) is 17.2. The van der Waals surface area contributed by atoms with Crippen molar-refractivity contribution in [1.82, 2.24) is 34.6 Å². The molecule has 5 heterocycles. The molecule has 55 heavy (non-hydrogen) atoms. The van der Waals surface area contributed by atoms with Crippen LogP contribution in [0.3, 0.4) is 0 Å². The molecule has 0 bridgehead atoms. The van der Waals surface area contributed by atoms with Crippen LogP contribution in [0.25, 0.3) is 11.0 Å². The van der Waals surface area contributed by atoms with Crippen molar-refractivity contribution in [2.24, 2.45) is 5.41 Å². The highest BCUT2D eigenvalue weighted by atomic mass is 16.2. The minimum absolute atomic E-state index is 0.00164. The molecule has 2 saturated heterocycles. The molecule has 1 saturated carbocycles. The number of fused-ring (bicyclic) bond motifs is 1. The van der Waals surface area contributed by atoms with E-state index in [1.54, 1.807) is 26.0 Å². The number of aldehydes is 1. The zero-order valence-electron chi connectivity index (χ0n) is 33.6. The summed E-state index contributed by atoms with van der Waals surface area (Å²) in [4.78, 5) is 54.1. The van der Waals surface area contributed by atoms with E-state index in [1.807, 2.05) is 24.5 Å². The number of piperidine rings is 1. The Morgan fingerprint density at radius 2 is 1.67 bits per heavy atom. The van der Waals surface area contributed by atoms with E-state index in [0.29, 0.717) is 36.3 Å². The molecule has 2 amide bonds. The molecule has 3 aliphatic rings. The van der Waals surface area contributed by atoms with Crippen LogP contribution >= 0.6 is 0 Å². The number of unbranched alkanes of at least 4 members (excludes halogenated alkanes) is 1. The number of rotatable bonds is 11. The molecule has 7 rings (SSSR count). The average Bonchev–Trinajstić information content (AvgIpc) is 3.96. The second kappa shape index (κ2) is 20.2. The monoisotopic (exact) mass is 751 g/mol. The molecule has 296 valence electrons. The van der Waals surface area contributed by atoms with Gasteiger partial charge in [0.05, 0.1) is 0 Å². The van der Waals surface area contributed by atoms with Crippen molar-refractivity contribution in [2.45, 2.75) is 97.1 Å². The predicted molar refractivity (Wildman–Crippen MR) is 221 cm³/mol. The lowest BCUT2D eigenvalue weighted by Gasteiger charge is -2.40. The Kier molecular flexibility index (Phi) is 15.2. The van der Waals surface area contributed by atoms with Crippen LogP contribution in [0.2, 0.25) is 0 Å². The van der Waals surface area contributed by atoms with Gasteiger partial charge in [-0.2, -0.15) is 4.98 Å². The van der Waals surface area contributed by atoms with E-state index < -0.39 is 0 Å². The Morgan fingerprint density at radius 1 is 0.964 bits per heavy atom. The van der Waals surface area contributed by atoms with E-state index in [1.165, 1.54) is 56.3 Å². The number of nitrogens with zero attached hydrogens (tertiary/aromatic N) is 7. The van der Waals surface area contributed by atoms with Crippen molar-refractivity contribution < 1.29 is 14.4 Å². The minimum Gasteiger partial charge on any atom is -0.371 e. The van der Waals surface area contributed by atoms with Gasteiger partial charge in [0, 0.05) is 89.7 Å². The Labute approximate surface area is 327 Å². The van der Waals surface area contributed by atoms with Crippen LogP contribution < -0.4 is 15.5 Å². The van der Waals surface area contributed by atoms with Gasteiger partial charge in [-0.1, -0.05) is 57.4 Å². The molecule has 1 aromatic carbocycles. The number of likely N-dealkylation sites (tertiary alicyclic amines) is 1. The number of para-hydroxylation sites is 1. The third-order valence-corrected chi connectivity index (χ3v) is 10.8. The summed E-state index contributed by atoms with van der Waals surface area (Å²) in [6.07, 6.45) is 15.7. The van der Waals surface area contributed by atoms with Gasteiger partial charge in [-0.3, -0.25) is 14.5 Å². The first-order valence-corrected chi connectivity index (χ1v) is 20.2. The number of benzene rings is 1. The first-order valence-electron chi connectivity index (χ1n) is 20.2. The summed E-state index contributed by atoms with van der Waals surface area (Å²) in [5, 5.41) is 6.66. The average molecular weight is 752 g/mol. The molecule has 3 fully saturated rings. The number of anilines is 3. The van der Waals surface area contributed by atoms with Crippen molar-refractivity contribution in [3.63, 3.8) is 0 Å². The van der Waals surface area contributed by atoms with Gasteiger partial charge in [-0.25, -0.2) is 9.97 Å². The first kappa shape index (κ1) is 41.3. The summed E-state index contributed by atoms with van der Waals surface area (Å²) in [6.45, 7) is 9.79. The maximum Gasteiger partial charge on any atom is 0.270 e. The first-order chi connectivity index (χ1) is 26.7. The Balaban J connectivity index is 0.000000422. The summed E-state index contributed by atoms with van der Waals surface area (Å²) >= 11 is 0. The largest absolute Gasteiger partial charge is 0.371 e. The van der Waals surface area contributed by atoms with Gasteiger partial charge in [0.2, 0.25) is 11.9 Å². The molecule has 12 nitrogen and oxygen atoms in total. The fourth-order valence-electron chi connectivity index (χ4n) is 7.88. The van der Waals surface area contributed by atoms with E-state index in [2.05, 4.69) is 80.2 Å². The van der Waals surface area contributed by atoms with Crippen LogP contribution in [0.1, 0.15) is 107 Å². The second-order valence-corrected chi connectivity index (χ2v) is 15.4. The van der Waals surface area contributed by atoms with Crippen molar-refractivity contribution in [1.29, 1.82) is 0 Å². The van der Waals surface area contributed by atoms with Gasteiger partial charge in [-0.05, 0) is 80.3 Å². The molecular weight excluding hydrogens is 691 g/mol. The highest BCUT2D eigenvalue weighted by molar-refractivity contribution is 5.98. The van der Waals surface area contributed by atoms with E-state index >= 15 is 0 Å². The number of pyridine rings is 1. The van der Waals surface area contributed by atoms with Gasteiger partial charge in [0.1, 0.15) is 23.4 Å². The normalized spacial score (nSPS) is 16.6. The number of hydrogen-bond donors (Lipinski definition) is 2. The molecule has 0 radical (unpaired) electrons. The highest BCUT2D eigenvalue weighted by Gasteiger charge is 2.40. The zero-order valence-corrected chi connectivity index (χ0v) is 33.6. The summed E-state index contributed by atoms with van der Waals surface area (Å²) in [5.74, 6) is 1.21. The van der Waals surface area contributed by atoms with Crippen molar-refractivity contribution in [3.05, 3.63) is 72.2 Å². The van der Waals surface area contributed by atoms with Gasteiger partial charge in [-0.15, -0.1) is 0 Å². The molecule has 2 aliphatic heterocycles. The van der Waals surface area contributed by atoms with E-state index in [4.69, 9.17) is 9.97 Å². The van der Waals surface area contributed by atoms with Crippen molar-refractivity contribution in [3.8, 4) is 0 Å². The number of amides is 2. The van der Waals surface area contributed by atoms with E-state index in [0.717, 1.165) is 62.2 Å². The molecular formula is C43H61N9O3.